The van der Waals surface area contributed by atoms with Crippen molar-refractivity contribution >= 4 is 11.6 Å². The van der Waals surface area contributed by atoms with Gasteiger partial charge in [0.05, 0.1) is 24.3 Å². The zero-order valence-electron chi connectivity index (χ0n) is 19.8. The summed E-state index contributed by atoms with van der Waals surface area (Å²) in [6, 6.07) is 5.34. The summed E-state index contributed by atoms with van der Waals surface area (Å²) in [7, 11) is 1.50. The molecule has 0 aliphatic carbocycles. The molecular formula is C24H31ClN4O5. The topological polar surface area (TPSA) is 123 Å². The summed E-state index contributed by atoms with van der Waals surface area (Å²) < 4.78 is 16.6. The second-order valence-electron chi connectivity index (χ2n) is 8.39. The molecule has 184 valence electrons. The number of nitrogens with one attached hydrogen (secondary N) is 1. The molecule has 0 bridgehead atoms. The number of rotatable bonds is 12. The van der Waals surface area contributed by atoms with Gasteiger partial charge in [0.15, 0.2) is 11.5 Å². The number of methoxy groups -OCH3 is 1. The Hall–Kier alpha value is -2.72. The average molecular weight is 491 g/mol. The van der Waals surface area contributed by atoms with Crippen LogP contribution in [0.15, 0.2) is 28.9 Å². The van der Waals surface area contributed by atoms with Crippen LogP contribution in [-0.4, -0.2) is 64.9 Å². The van der Waals surface area contributed by atoms with Crippen LogP contribution in [0.5, 0.6) is 11.5 Å². The quantitative estimate of drug-likeness (QED) is 0.328. The second kappa shape index (κ2) is 12.1. The van der Waals surface area contributed by atoms with E-state index in [1.165, 1.54) is 7.11 Å². The lowest BCUT2D eigenvalue weighted by atomic mass is 10.0. The molecule has 0 radical (unpaired) electrons. The fraction of sp³-hybridized carbons (Fsp3) is 0.458. The number of ether oxygens (including phenoxy) is 2. The standard InChI is InChI=1S/C24H31ClN4O5/c1-14(2)7-20-15(3)8-17(11-27-20)24-28-23(29-34-24)16-9-19(25)22(21(10-16)32-4)33-13-18(31)12-26-5-6-30/h8-11,14,18,26,30-31H,5-7,12-13H2,1-4H3. The lowest BCUT2D eigenvalue weighted by Gasteiger charge is -2.16. The predicted octanol–water partition coefficient (Wildman–Crippen LogP) is 3.29. The molecule has 1 unspecified atom stereocenters. The zero-order chi connectivity index (χ0) is 24.7. The monoisotopic (exact) mass is 490 g/mol. The molecule has 34 heavy (non-hydrogen) atoms. The highest BCUT2D eigenvalue weighted by Gasteiger charge is 2.19. The third kappa shape index (κ3) is 6.66. The Labute approximate surface area is 204 Å². The van der Waals surface area contributed by atoms with Crippen LogP contribution in [0, 0.1) is 12.8 Å². The average Bonchev–Trinajstić information content (AvgIpc) is 3.29. The first-order valence-corrected chi connectivity index (χ1v) is 11.5. The first kappa shape index (κ1) is 25.9. The van der Waals surface area contributed by atoms with Gasteiger partial charge in [0, 0.05) is 30.5 Å². The van der Waals surface area contributed by atoms with Gasteiger partial charge < -0.3 is 29.5 Å². The van der Waals surface area contributed by atoms with Crippen LogP contribution in [-0.2, 0) is 6.42 Å². The third-order valence-electron chi connectivity index (χ3n) is 5.04. The maximum atomic E-state index is 10.0. The molecule has 0 spiro atoms. The van der Waals surface area contributed by atoms with Crippen LogP contribution >= 0.6 is 11.6 Å². The van der Waals surface area contributed by atoms with E-state index in [1.54, 1.807) is 18.3 Å². The minimum absolute atomic E-state index is 0.000626. The van der Waals surface area contributed by atoms with E-state index in [-0.39, 0.29) is 24.8 Å². The van der Waals surface area contributed by atoms with Crippen molar-refractivity contribution in [2.24, 2.45) is 5.92 Å². The molecule has 2 aromatic heterocycles. The molecule has 0 saturated carbocycles. The molecule has 0 fully saturated rings. The highest BCUT2D eigenvalue weighted by atomic mass is 35.5. The number of aliphatic hydroxyl groups excluding tert-OH is 2. The summed E-state index contributed by atoms with van der Waals surface area (Å²) in [6.07, 6.45) is 1.87. The summed E-state index contributed by atoms with van der Waals surface area (Å²) in [6.45, 7) is 7.00. The van der Waals surface area contributed by atoms with Crippen molar-refractivity contribution in [3.05, 3.63) is 40.7 Å². The van der Waals surface area contributed by atoms with E-state index < -0.39 is 6.10 Å². The van der Waals surface area contributed by atoms with Crippen LogP contribution in [0.4, 0.5) is 0 Å². The summed E-state index contributed by atoms with van der Waals surface area (Å²) in [5.74, 6) is 1.90. The summed E-state index contributed by atoms with van der Waals surface area (Å²) in [5.41, 5.74) is 3.46. The van der Waals surface area contributed by atoms with E-state index in [0.29, 0.717) is 41.2 Å². The highest BCUT2D eigenvalue weighted by Crippen LogP contribution is 2.39. The summed E-state index contributed by atoms with van der Waals surface area (Å²) >= 11 is 6.45. The maximum absolute atomic E-state index is 10.0. The van der Waals surface area contributed by atoms with Gasteiger partial charge in [-0.15, -0.1) is 0 Å². The molecule has 10 heteroatoms. The fourth-order valence-corrected chi connectivity index (χ4v) is 3.62. The van der Waals surface area contributed by atoms with Crippen LogP contribution in [0.25, 0.3) is 22.8 Å². The van der Waals surface area contributed by atoms with E-state index in [4.69, 9.17) is 30.7 Å². The molecule has 3 N–H and O–H groups in total. The van der Waals surface area contributed by atoms with Gasteiger partial charge in [-0.3, -0.25) is 4.98 Å². The summed E-state index contributed by atoms with van der Waals surface area (Å²) in [4.78, 5) is 9.07. The number of hydrogen-bond acceptors (Lipinski definition) is 9. The van der Waals surface area contributed by atoms with Crippen molar-refractivity contribution in [3.63, 3.8) is 0 Å². The second-order valence-corrected chi connectivity index (χ2v) is 8.80. The first-order valence-electron chi connectivity index (χ1n) is 11.1. The van der Waals surface area contributed by atoms with Crippen LogP contribution in [0.1, 0.15) is 25.1 Å². The van der Waals surface area contributed by atoms with Gasteiger partial charge >= 0.3 is 0 Å². The number of pyridine rings is 1. The van der Waals surface area contributed by atoms with E-state index in [2.05, 4.69) is 34.3 Å². The highest BCUT2D eigenvalue weighted by molar-refractivity contribution is 6.32. The van der Waals surface area contributed by atoms with Crippen LogP contribution in [0.3, 0.4) is 0 Å². The number of nitrogens with zero attached hydrogens (tertiary/aromatic N) is 3. The molecule has 3 aromatic rings. The predicted molar refractivity (Wildman–Crippen MR) is 129 cm³/mol. The van der Waals surface area contributed by atoms with E-state index >= 15 is 0 Å². The molecule has 0 saturated heterocycles. The normalized spacial score (nSPS) is 12.2. The van der Waals surface area contributed by atoms with Crippen molar-refractivity contribution in [2.45, 2.75) is 33.3 Å². The molecule has 3 rings (SSSR count). The number of hydrogen-bond donors (Lipinski definition) is 3. The van der Waals surface area contributed by atoms with Crippen LogP contribution in [0.2, 0.25) is 5.02 Å². The summed E-state index contributed by atoms with van der Waals surface area (Å²) in [5, 5.41) is 26.1. The Morgan fingerprint density at radius 3 is 2.68 bits per heavy atom. The lowest BCUT2D eigenvalue weighted by Crippen LogP contribution is -2.33. The van der Waals surface area contributed by atoms with Gasteiger partial charge in [-0.2, -0.15) is 4.98 Å². The molecule has 0 aliphatic rings. The lowest BCUT2D eigenvalue weighted by molar-refractivity contribution is 0.103. The Morgan fingerprint density at radius 2 is 2.00 bits per heavy atom. The Morgan fingerprint density at radius 1 is 1.21 bits per heavy atom. The molecular weight excluding hydrogens is 460 g/mol. The van der Waals surface area contributed by atoms with Crippen LogP contribution < -0.4 is 14.8 Å². The van der Waals surface area contributed by atoms with Crippen molar-refractivity contribution < 1.29 is 24.2 Å². The molecule has 2 heterocycles. The van der Waals surface area contributed by atoms with Gasteiger partial charge in [-0.1, -0.05) is 30.6 Å². The van der Waals surface area contributed by atoms with E-state index in [1.807, 2.05) is 13.0 Å². The van der Waals surface area contributed by atoms with Gasteiger partial charge in [0.25, 0.3) is 5.89 Å². The van der Waals surface area contributed by atoms with Gasteiger partial charge in [0.2, 0.25) is 5.82 Å². The Bertz CT molecular complexity index is 1090. The Balaban J connectivity index is 1.77. The van der Waals surface area contributed by atoms with E-state index in [9.17, 15) is 5.11 Å². The van der Waals surface area contributed by atoms with Crippen molar-refractivity contribution in [1.82, 2.24) is 20.4 Å². The number of aliphatic hydroxyl groups is 2. The zero-order valence-corrected chi connectivity index (χ0v) is 20.6. The SMILES string of the molecule is COc1cc(-c2noc(-c3cnc(CC(C)C)c(C)c3)n2)cc(Cl)c1OCC(O)CNCCO. The molecule has 0 aliphatic heterocycles. The number of aromatic nitrogens is 3. The number of aryl methyl sites for hydroxylation is 1. The van der Waals surface area contributed by atoms with Crippen molar-refractivity contribution in [2.75, 3.05) is 33.4 Å². The molecule has 1 atom stereocenters. The number of halogens is 1. The van der Waals surface area contributed by atoms with Crippen molar-refractivity contribution in [1.29, 1.82) is 0 Å². The van der Waals surface area contributed by atoms with Gasteiger partial charge in [0.1, 0.15) is 12.7 Å². The molecule has 9 nitrogen and oxygen atoms in total. The largest absolute Gasteiger partial charge is 0.493 e. The molecule has 1 aromatic carbocycles. The minimum Gasteiger partial charge on any atom is -0.493 e. The molecule has 0 amide bonds. The first-order chi connectivity index (χ1) is 16.3. The number of benzene rings is 1. The third-order valence-corrected chi connectivity index (χ3v) is 5.32. The fourth-order valence-electron chi connectivity index (χ4n) is 3.35. The Kier molecular flexibility index (Phi) is 9.23. The smallest absolute Gasteiger partial charge is 0.259 e. The maximum Gasteiger partial charge on any atom is 0.259 e. The van der Waals surface area contributed by atoms with Gasteiger partial charge in [-0.05, 0) is 43.0 Å². The van der Waals surface area contributed by atoms with Crippen molar-refractivity contribution in [3.8, 4) is 34.3 Å². The van der Waals surface area contributed by atoms with Gasteiger partial charge in [-0.25, -0.2) is 0 Å². The van der Waals surface area contributed by atoms with E-state index in [0.717, 1.165) is 23.2 Å². The minimum atomic E-state index is -0.782.